The molecule has 0 aromatic heterocycles. The summed E-state index contributed by atoms with van der Waals surface area (Å²) in [7, 11) is 1.91. The third kappa shape index (κ3) is 4.57. The molecule has 2 aliphatic rings. The van der Waals surface area contributed by atoms with Crippen LogP contribution in [0.25, 0.3) is 0 Å². The summed E-state index contributed by atoms with van der Waals surface area (Å²) in [5.41, 5.74) is 2.01. The molecule has 1 aliphatic carbocycles. The van der Waals surface area contributed by atoms with E-state index in [-0.39, 0.29) is 17.9 Å². The Balaban J connectivity index is 1.64. The molecule has 1 aliphatic heterocycles. The Morgan fingerprint density at radius 1 is 1.04 bits per heavy atom. The number of nitrogens with zero attached hydrogens (tertiary/aromatic N) is 3. The van der Waals surface area contributed by atoms with E-state index in [1.54, 1.807) is 0 Å². The van der Waals surface area contributed by atoms with Gasteiger partial charge in [0, 0.05) is 45.3 Å². The maximum Gasteiger partial charge on any atom is 0.253 e. The maximum atomic E-state index is 13.1. The third-order valence-electron chi connectivity index (χ3n) is 6.55. The average Bonchev–Trinajstić information content (AvgIpc) is 3.27. The summed E-state index contributed by atoms with van der Waals surface area (Å²) in [4.78, 5) is 32.1. The normalized spacial score (nSPS) is 19.6. The second kappa shape index (κ2) is 9.55. The van der Waals surface area contributed by atoms with E-state index >= 15 is 0 Å². The van der Waals surface area contributed by atoms with Crippen LogP contribution in [0.2, 0.25) is 0 Å². The van der Waals surface area contributed by atoms with Crippen molar-refractivity contribution in [3.05, 3.63) is 35.4 Å². The number of carbonyl (C=O) groups is 2. The summed E-state index contributed by atoms with van der Waals surface area (Å²) < 4.78 is 0. The molecule has 2 fully saturated rings. The van der Waals surface area contributed by atoms with Crippen LogP contribution in [0.15, 0.2) is 24.3 Å². The van der Waals surface area contributed by atoms with Crippen molar-refractivity contribution < 1.29 is 9.59 Å². The largest absolute Gasteiger partial charge is 0.345 e. The molecule has 1 saturated carbocycles. The Labute approximate surface area is 169 Å². The molecule has 2 amide bonds. The minimum Gasteiger partial charge on any atom is -0.345 e. The molecule has 0 N–H and O–H groups in total. The monoisotopic (exact) mass is 385 g/mol. The van der Waals surface area contributed by atoms with Crippen molar-refractivity contribution in [2.24, 2.45) is 5.92 Å². The van der Waals surface area contributed by atoms with Crippen LogP contribution >= 0.6 is 0 Å². The fraction of sp³-hybridized carbons (Fsp3) is 0.652. The van der Waals surface area contributed by atoms with Crippen molar-refractivity contribution in [1.82, 2.24) is 14.7 Å². The van der Waals surface area contributed by atoms with Crippen LogP contribution < -0.4 is 0 Å². The number of hydrogen-bond donors (Lipinski definition) is 0. The van der Waals surface area contributed by atoms with Crippen LogP contribution in [0.4, 0.5) is 0 Å². The molecule has 1 heterocycles. The van der Waals surface area contributed by atoms with E-state index in [0.717, 1.165) is 44.5 Å². The van der Waals surface area contributed by atoms with Gasteiger partial charge < -0.3 is 9.80 Å². The molecule has 1 aromatic carbocycles. The second-order valence-corrected chi connectivity index (χ2v) is 8.22. The fourth-order valence-electron chi connectivity index (χ4n) is 4.58. The molecular formula is C23H35N3O2. The Bertz CT molecular complexity index is 659. The number of piperazine rings is 1. The summed E-state index contributed by atoms with van der Waals surface area (Å²) in [6, 6.07) is 7.94. The van der Waals surface area contributed by atoms with Crippen LogP contribution in [-0.2, 0) is 11.2 Å². The lowest BCUT2D eigenvalue weighted by Gasteiger charge is -2.42. The first kappa shape index (κ1) is 20.8. The van der Waals surface area contributed by atoms with E-state index < -0.39 is 0 Å². The number of carbonyl (C=O) groups excluding carboxylic acids is 2. The second-order valence-electron chi connectivity index (χ2n) is 8.22. The van der Waals surface area contributed by atoms with E-state index in [4.69, 9.17) is 0 Å². The van der Waals surface area contributed by atoms with E-state index in [0.29, 0.717) is 19.0 Å². The SMILES string of the molecule is CCc1ccc(C(=O)N2CCN(C(C(=O)N(C)CC)C3CCCC3)CC2)cc1. The van der Waals surface area contributed by atoms with Gasteiger partial charge in [-0.15, -0.1) is 0 Å². The summed E-state index contributed by atoms with van der Waals surface area (Å²) in [5.74, 6) is 0.825. The van der Waals surface area contributed by atoms with Gasteiger partial charge in [-0.3, -0.25) is 14.5 Å². The highest BCUT2D eigenvalue weighted by Crippen LogP contribution is 2.32. The molecule has 0 radical (unpaired) electrons. The van der Waals surface area contributed by atoms with Gasteiger partial charge in [-0.25, -0.2) is 0 Å². The molecule has 1 atom stereocenters. The molecule has 0 bridgehead atoms. The molecule has 3 rings (SSSR count). The first-order valence-electron chi connectivity index (χ1n) is 10.9. The van der Waals surface area contributed by atoms with Gasteiger partial charge in [0.05, 0.1) is 6.04 Å². The molecular weight excluding hydrogens is 350 g/mol. The lowest BCUT2D eigenvalue weighted by atomic mass is 9.94. The molecule has 28 heavy (non-hydrogen) atoms. The molecule has 5 heteroatoms. The maximum absolute atomic E-state index is 13.1. The zero-order valence-corrected chi connectivity index (χ0v) is 17.7. The van der Waals surface area contributed by atoms with Crippen LogP contribution in [-0.4, -0.2) is 72.3 Å². The number of hydrogen-bond acceptors (Lipinski definition) is 3. The van der Waals surface area contributed by atoms with Crippen molar-refractivity contribution in [1.29, 1.82) is 0 Å². The summed E-state index contributed by atoms with van der Waals surface area (Å²) in [6.07, 6.45) is 5.75. The quantitative estimate of drug-likeness (QED) is 0.756. The van der Waals surface area contributed by atoms with Gasteiger partial charge in [0.25, 0.3) is 5.91 Å². The number of benzene rings is 1. The molecule has 0 spiro atoms. The lowest BCUT2D eigenvalue weighted by molar-refractivity contribution is -0.138. The number of rotatable bonds is 6. The van der Waals surface area contributed by atoms with E-state index in [9.17, 15) is 9.59 Å². The van der Waals surface area contributed by atoms with E-state index in [1.165, 1.54) is 18.4 Å². The van der Waals surface area contributed by atoms with Crippen molar-refractivity contribution in [3.63, 3.8) is 0 Å². The highest BCUT2D eigenvalue weighted by atomic mass is 16.2. The molecule has 1 unspecified atom stereocenters. The number of aryl methyl sites for hydroxylation is 1. The third-order valence-corrected chi connectivity index (χ3v) is 6.55. The zero-order chi connectivity index (χ0) is 20.1. The first-order valence-corrected chi connectivity index (χ1v) is 10.9. The van der Waals surface area contributed by atoms with Crippen LogP contribution in [0.5, 0.6) is 0 Å². The Morgan fingerprint density at radius 3 is 2.18 bits per heavy atom. The van der Waals surface area contributed by atoms with Crippen LogP contribution in [0, 0.1) is 5.92 Å². The van der Waals surface area contributed by atoms with Gasteiger partial charge in [0.1, 0.15) is 0 Å². The molecule has 1 saturated heterocycles. The summed E-state index contributed by atoms with van der Waals surface area (Å²) in [5, 5.41) is 0. The summed E-state index contributed by atoms with van der Waals surface area (Å²) in [6.45, 7) is 7.85. The van der Waals surface area contributed by atoms with Gasteiger partial charge in [0.15, 0.2) is 0 Å². The lowest BCUT2D eigenvalue weighted by Crippen LogP contribution is -2.58. The Kier molecular flexibility index (Phi) is 7.11. The van der Waals surface area contributed by atoms with Crippen LogP contribution in [0.1, 0.15) is 55.5 Å². The van der Waals surface area contributed by atoms with Gasteiger partial charge in [-0.2, -0.15) is 0 Å². The highest BCUT2D eigenvalue weighted by molar-refractivity contribution is 5.94. The van der Waals surface area contributed by atoms with E-state index in [2.05, 4.69) is 11.8 Å². The summed E-state index contributed by atoms with van der Waals surface area (Å²) >= 11 is 0. The minimum atomic E-state index is -0.0199. The van der Waals surface area contributed by atoms with Crippen molar-refractivity contribution >= 4 is 11.8 Å². The van der Waals surface area contributed by atoms with Gasteiger partial charge in [0.2, 0.25) is 5.91 Å². The van der Waals surface area contributed by atoms with E-state index in [1.807, 2.05) is 48.0 Å². The standard InChI is InChI=1S/C23H35N3O2/c1-4-18-10-12-20(13-11-18)22(27)26-16-14-25(15-17-26)21(19-8-6-7-9-19)23(28)24(3)5-2/h10-13,19,21H,4-9,14-17H2,1-3H3. The highest BCUT2D eigenvalue weighted by Gasteiger charge is 2.38. The Hall–Kier alpha value is -1.88. The predicted molar refractivity (Wildman–Crippen MR) is 112 cm³/mol. The van der Waals surface area contributed by atoms with Crippen molar-refractivity contribution in [3.8, 4) is 0 Å². The van der Waals surface area contributed by atoms with Crippen molar-refractivity contribution in [2.75, 3.05) is 39.8 Å². The number of likely N-dealkylation sites (N-methyl/N-ethyl adjacent to an activating group) is 1. The Morgan fingerprint density at radius 2 is 1.64 bits per heavy atom. The van der Waals surface area contributed by atoms with Crippen LogP contribution in [0.3, 0.4) is 0 Å². The van der Waals surface area contributed by atoms with Crippen molar-refractivity contribution in [2.45, 2.75) is 52.0 Å². The predicted octanol–water partition coefficient (Wildman–Crippen LogP) is 3.04. The zero-order valence-electron chi connectivity index (χ0n) is 17.7. The van der Waals surface area contributed by atoms with Gasteiger partial charge in [-0.1, -0.05) is 31.9 Å². The average molecular weight is 386 g/mol. The van der Waals surface area contributed by atoms with Gasteiger partial charge >= 0.3 is 0 Å². The smallest absolute Gasteiger partial charge is 0.253 e. The fourth-order valence-corrected chi connectivity index (χ4v) is 4.58. The van der Waals surface area contributed by atoms with Gasteiger partial charge in [-0.05, 0) is 49.8 Å². The molecule has 154 valence electrons. The topological polar surface area (TPSA) is 43.9 Å². The minimum absolute atomic E-state index is 0.0199. The first-order chi connectivity index (χ1) is 13.5. The molecule has 1 aromatic rings. The molecule has 5 nitrogen and oxygen atoms in total. The number of amides is 2.